The number of hydrogen-bond acceptors (Lipinski definition) is 9. The van der Waals surface area contributed by atoms with Crippen LogP contribution >= 0.6 is 24.0 Å². The Morgan fingerprint density at radius 3 is 2.33 bits per heavy atom. The van der Waals surface area contributed by atoms with Crippen LogP contribution in [0.15, 0.2) is 43.0 Å². The minimum Gasteiger partial charge on any atom is -0.494 e. The van der Waals surface area contributed by atoms with E-state index in [1.807, 2.05) is 49.2 Å². The molecule has 0 saturated carbocycles. The Hall–Kier alpha value is -3.28. The highest BCUT2D eigenvalue weighted by Gasteiger charge is 2.78. The van der Waals surface area contributed by atoms with E-state index in [1.165, 1.54) is 11.8 Å². The maximum atomic E-state index is 14.8. The average molecular weight is 584 g/mol. The van der Waals surface area contributed by atoms with Gasteiger partial charge in [0.2, 0.25) is 11.7 Å². The number of benzene rings is 2. The number of amides is 2. The number of thiocarbonyl (C=S) groups is 1. The Labute approximate surface area is 244 Å². The molecule has 3 heterocycles. The van der Waals surface area contributed by atoms with Gasteiger partial charge in [-0.25, -0.2) is 0 Å². The first-order valence-electron chi connectivity index (χ1n) is 12.9. The fourth-order valence-electron chi connectivity index (χ4n) is 6.52. The molecule has 0 aliphatic carbocycles. The molecule has 11 heteroatoms. The summed E-state index contributed by atoms with van der Waals surface area (Å²) in [4.78, 5) is 34.6. The van der Waals surface area contributed by atoms with E-state index in [4.69, 9.17) is 31.2 Å². The zero-order valence-electron chi connectivity index (χ0n) is 23.5. The summed E-state index contributed by atoms with van der Waals surface area (Å²) in [6.45, 7) is 6.84. The standard InChI is InChI=1S/C29H33N3O6S2/c1-8-12-32-26(34)29(40-27(32)39)20(17-13-22(35-5)24(37-7)23(14-17)36-6)16-30(3)28(29)19-15-18(38-9-2)10-11-21(19)31(4)25(28)33/h8,10-11,13-15,20H,1,9,12,16H2,2-7H3/t20-,28+,29-/m1/s1. The predicted octanol–water partition coefficient (Wildman–Crippen LogP) is 3.80. The van der Waals surface area contributed by atoms with Crippen molar-refractivity contribution in [3.05, 3.63) is 54.1 Å². The number of fused-ring (bicyclic) bond motifs is 3. The van der Waals surface area contributed by atoms with Crippen LogP contribution in [0.5, 0.6) is 23.0 Å². The van der Waals surface area contributed by atoms with Gasteiger partial charge in [-0.15, -0.1) is 6.58 Å². The molecule has 2 saturated heterocycles. The SMILES string of the molecule is C=CCN1C(=O)[C@]2(SC1=S)[C@@H](c1cc(OC)c(OC)c(OC)c1)CN(C)[C@@]21C(=O)N(C)c2ccc(OCC)cc21. The van der Waals surface area contributed by atoms with Crippen LogP contribution in [0.25, 0.3) is 0 Å². The average Bonchev–Trinajstić information content (AvgIpc) is 3.45. The third-order valence-electron chi connectivity index (χ3n) is 8.13. The molecule has 5 rings (SSSR count). The lowest BCUT2D eigenvalue weighted by Crippen LogP contribution is -2.62. The molecule has 212 valence electrons. The summed E-state index contributed by atoms with van der Waals surface area (Å²) in [7, 11) is 8.28. The number of carbonyl (C=O) groups is 2. The molecular formula is C29H33N3O6S2. The molecular weight excluding hydrogens is 550 g/mol. The van der Waals surface area contributed by atoms with Crippen molar-refractivity contribution in [1.82, 2.24) is 9.80 Å². The number of rotatable bonds is 8. The highest BCUT2D eigenvalue weighted by molar-refractivity contribution is 8.25. The van der Waals surface area contributed by atoms with Crippen molar-refractivity contribution in [3.63, 3.8) is 0 Å². The number of nitrogens with zero attached hydrogens (tertiary/aromatic N) is 3. The van der Waals surface area contributed by atoms with E-state index in [0.717, 1.165) is 11.3 Å². The maximum Gasteiger partial charge on any atom is 0.254 e. The monoisotopic (exact) mass is 583 g/mol. The third kappa shape index (κ3) is 3.53. The Bertz CT molecular complexity index is 1390. The van der Waals surface area contributed by atoms with Crippen molar-refractivity contribution in [3.8, 4) is 23.0 Å². The quantitative estimate of drug-likeness (QED) is 0.341. The maximum absolute atomic E-state index is 14.8. The topological polar surface area (TPSA) is 80.8 Å². The predicted molar refractivity (Wildman–Crippen MR) is 159 cm³/mol. The number of hydrogen-bond donors (Lipinski definition) is 0. The molecule has 0 unspecified atom stereocenters. The lowest BCUT2D eigenvalue weighted by Gasteiger charge is -2.42. The molecule has 9 nitrogen and oxygen atoms in total. The first kappa shape index (κ1) is 28.3. The van der Waals surface area contributed by atoms with Gasteiger partial charge in [-0.2, -0.15) is 0 Å². The second-order valence-electron chi connectivity index (χ2n) is 9.89. The first-order valence-corrected chi connectivity index (χ1v) is 14.1. The van der Waals surface area contributed by atoms with Gasteiger partial charge in [0.1, 0.15) is 14.8 Å². The van der Waals surface area contributed by atoms with Crippen molar-refractivity contribution >= 4 is 45.8 Å². The highest BCUT2D eigenvalue weighted by atomic mass is 32.2. The second kappa shape index (κ2) is 10.3. The molecule has 0 N–H and O–H groups in total. The smallest absolute Gasteiger partial charge is 0.254 e. The molecule has 2 fully saturated rings. The summed E-state index contributed by atoms with van der Waals surface area (Å²) in [5, 5.41) is 0. The van der Waals surface area contributed by atoms with Crippen molar-refractivity contribution in [2.45, 2.75) is 23.1 Å². The van der Waals surface area contributed by atoms with E-state index in [9.17, 15) is 9.59 Å². The van der Waals surface area contributed by atoms with Gasteiger partial charge in [0, 0.05) is 37.3 Å². The van der Waals surface area contributed by atoms with Gasteiger partial charge in [0.15, 0.2) is 17.0 Å². The lowest BCUT2D eigenvalue weighted by molar-refractivity contribution is -0.138. The molecule has 2 amide bonds. The number of ether oxygens (including phenoxy) is 4. The third-order valence-corrected chi connectivity index (χ3v) is 10.1. The van der Waals surface area contributed by atoms with Gasteiger partial charge in [-0.3, -0.25) is 19.4 Å². The van der Waals surface area contributed by atoms with E-state index in [0.29, 0.717) is 46.0 Å². The van der Waals surface area contributed by atoms with Crippen LogP contribution in [-0.4, -0.2) is 85.8 Å². The number of likely N-dealkylation sites (N-methyl/N-ethyl adjacent to an activating group) is 2. The van der Waals surface area contributed by atoms with Crippen LogP contribution in [-0.2, 0) is 15.1 Å². The minimum atomic E-state index is -1.36. The van der Waals surface area contributed by atoms with Crippen molar-refractivity contribution in [2.75, 3.05) is 60.0 Å². The fraction of sp³-hybridized carbons (Fsp3) is 0.414. The van der Waals surface area contributed by atoms with E-state index >= 15 is 0 Å². The number of thioether (sulfide) groups is 1. The first-order chi connectivity index (χ1) is 19.2. The summed E-state index contributed by atoms with van der Waals surface area (Å²) >= 11 is 7.08. The van der Waals surface area contributed by atoms with Crippen LogP contribution in [0.1, 0.15) is 24.0 Å². The number of likely N-dealkylation sites (tertiary alicyclic amines) is 1. The number of carbonyl (C=O) groups excluding carboxylic acids is 2. The van der Waals surface area contributed by atoms with Gasteiger partial charge in [0.25, 0.3) is 5.91 Å². The minimum absolute atomic E-state index is 0.197. The molecule has 40 heavy (non-hydrogen) atoms. The van der Waals surface area contributed by atoms with E-state index in [2.05, 4.69) is 6.58 Å². The summed E-state index contributed by atoms with van der Waals surface area (Å²) in [5.41, 5.74) is 0.850. The van der Waals surface area contributed by atoms with Gasteiger partial charge < -0.3 is 23.8 Å². The molecule has 2 aromatic rings. The van der Waals surface area contributed by atoms with Crippen LogP contribution in [0, 0.1) is 0 Å². The summed E-state index contributed by atoms with van der Waals surface area (Å²) < 4.78 is 21.8. The summed E-state index contributed by atoms with van der Waals surface area (Å²) in [6.07, 6.45) is 1.65. The lowest BCUT2D eigenvalue weighted by atomic mass is 9.72. The van der Waals surface area contributed by atoms with Crippen molar-refractivity contribution in [1.29, 1.82) is 0 Å². The zero-order valence-corrected chi connectivity index (χ0v) is 25.1. The number of methoxy groups -OCH3 is 3. The van der Waals surface area contributed by atoms with Crippen molar-refractivity contribution in [2.24, 2.45) is 0 Å². The van der Waals surface area contributed by atoms with Crippen LogP contribution in [0.4, 0.5) is 5.69 Å². The molecule has 2 spiro atoms. The molecule has 0 bridgehead atoms. The summed E-state index contributed by atoms with van der Waals surface area (Å²) in [6, 6.07) is 9.33. The van der Waals surface area contributed by atoms with Gasteiger partial charge in [0.05, 0.1) is 27.9 Å². The van der Waals surface area contributed by atoms with Crippen LogP contribution in [0.3, 0.4) is 0 Å². The molecule has 2 aromatic carbocycles. The summed E-state index contributed by atoms with van der Waals surface area (Å²) in [5.74, 6) is 1.09. The van der Waals surface area contributed by atoms with Crippen LogP contribution < -0.4 is 23.8 Å². The van der Waals surface area contributed by atoms with E-state index in [1.54, 1.807) is 44.3 Å². The molecule has 3 aliphatic rings. The Kier molecular flexibility index (Phi) is 7.26. The normalized spacial score (nSPS) is 25.8. The van der Waals surface area contributed by atoms with Crippen LogP contribution in [0.2, 0.25) is 0 Å². The number of anilines is 1. The molecule has 3 aliphatic heterocycles. The molecule has 3 atom stereocenters. The van der Waals surface area contributed by atoms with Crippen molar-refractivity contribution < 1.29 is 28.5 Å². The Morgan fingerprint density at radius 1 is 1.07 bits per heavy atom. The van der Waals surface area contributed by atoms with E-state index in [-0.39, 0.29) is 18.4 Å². The second-order valence-corrected chi connectivity index (χ2v) is 11.8. The zero-order chi connectivity index (χ0) is 29.0. The van der Waals surface area contributed by atoms with E-state index < -0.39 is 16.2 Å². The fourth-order valence-corrected chi connectivity index (χ4v) is 8.67. The van der Waals surface area contributed by atoms with Gasteiger partial charge >= 0.3 is 0 Å². The van der Waals surface area contributed by atoms with Gasteiger partial charge in [-0.1, -0.05) is 30.1 Å². The highest BCUT2D eigenvalue weighted by Crippen LogP contribution is 2.67. The molecule has 0 aromatic heterocycles. The Balaban J connectivity index is 1.84. The van der Waals surface area contributed by atoms with Gasteiger partial charge in [-0.05, 0) is 49.9 Å². The Morgan fingerprint density at radius 2 is 1.75 bits per heavy atom. The largest absolute Gasteiger partial charge is 0.494 e. The molecule has 0 radical (unpaired) electrons.